The lowest BCUT2D eigenvalue weighted by molar-refractivity contribution is -0.119. The van der Waals surface area contributed by atoms with E-state index < -0.39 is 0 Å². The minimum atomic E-state index is 0.0749. The zero-order chi connectivity index (χ0) is 14.7. The maximum atomic E-state index is 11.1. The van der Waals surface area contributed by atoms with Gasteiger partial charge in [-0.2, -0.15) is 5.10 Å². The molecule has 1 aromatic rings. The van der Waals surface area contributed by atoms with Gasteiger partial charge in [-0.15, -0.1) is 0 Å². The van der Waals surface area contributed by atoms with Crippen LogP contribution >= 0.6 is 15.9 Å². The fraction of sp³-hybridized carbons (Fsp3) is 0.714. The molecule has 0 spiro atoms. The lowest BCUT2D eigenvalue weighted by Crippen LogP contribution is -2.43. The Hall–Kier alpha value is -0.880. The molecule has 0 aliphatic carbocycles. The van der Waals surface area contributed by atoms with Crippen LogP contribution in [-0.4, -0.2) is 39.7 Å². The van der Waals surface area contributed by atoms with E-state index in [2.05, 4.69) is 42.9 Å². The van der Waals surface area contributed by atoms with Gasteiger partial charge in [-0.1, -0.05) is 0 Å². The van der Waals surface area contributed by atoms with Crippen molar-refractivity contribution < 1.29 is 4.79 Å². The first-order chi connectivity index (χ1) is 9.51. The normalized spacial score (nSPS) is 17.4. The minimum absolute atomic E-state index is 0.0749. The van der Waals surface area contributed by atoms with Gasteiger partial charge in [-0.3, -0.25) is 14.4 Å². The summed E-state index contributed by atoms with van der Waals surface area (Å²) in [6, 6.07) is 0.338. The molecule has 1 aromatic heterocycles. The second-order valence-electron chi connectivity index (χ2n) is 5.41. The largest absolute Gasteiger partial charge is 0.354 e. The van der Waals surface area contributed by atoms with E-state index in [9.17, 15) is 4.79 Å². The lowest BCUT2D eigenvalue weighted by atomic mass is 10.0. The Bertz CT molecular complexity index is 478. The molecular formula is C14H23BrN4O. The van der Waals surface area contributed by atoms with Gasteiger partial charge in [0.2, 0.25) is 5.91 Å². The number of aromatic nitrogens is 2. The summed E-state index contributed by atoms with van der Waals surface area (Å²) in [7, 11) is 0. The number of aryl methyl sites for hydroxylation is 2. The summed E-state index contributed by atoms with van der Waals surface area (Å²) in [5, 5.41) is 7.55. The number of halogens is 1. The summed E-state index contributed by atoms with van der Waals surface area (Å²) < 4.78 is 3.20. The molecule has 0 atom stereocenters. The van der Waals surface area contributed by atoms with Crippen molar-refractivity contribution in [2.75, 3.05) is 13.1 Å². The van der Waals surface area contributed by atoms with Gasteiger partial charge in [-0.05, 0) is 42.6 Å². The highest BCUT2D eigenvalue weighted by molar-refractivity contribution is 9.10. The number of carbonyl (C=O) groups excluding carboxylic acids is 1. The number of amides is 1. The Labute approximate surface area is 128 Å². The Morgan fingerprint density at radius 1 is 1.45 bits per heavy atom. The van der Waals surface area contributed by atoms with E-state index in [1.807, 2.05) is 6.92 Å². The van der Waals surface area contributed by atoms with E-state index in [-0.39, 0.29) is 5.91 Å². The SMILES string of the molecule is CCn1nc(C)c(Br)c1CN1CCC(NC(C)=O)CC1. The zero-order valence-corrected chi connectivity index (χ0v) is 14.0. The van der Waals surface area contributed by atoms with Crippen LogP contribution in [0, 0.1) is 6.92 Å². The first-order valence-electron chi connectivity index (χ1n) is 7.22. The van der Waals surface area contributed by atoms with Gasteiger partial charge in [-0.25, -0.2) is 0 Å². The second-order valence-corrected chi connectivity index (χ2v) is 6.21. The Morgan fingerprint density at radius 2 is 2.10 bits per heavy atom. The zero-order valence-electron chi connectivity index (χ0n) is 12.4. The summed E-state index contributed by atoms with van der Waals surface area (Å²) in [6.45, 7) is 9.59. The molecule has 6 heteroatoms. The highest BCUT2D eigenvalue weighted by Gasteiger charge is 2.22. The van der Waals surface area contributed by atoms with Crippen molar-refractivity contribution in [2.45, 2.75) is 52.7 Å². The summed E-state index contributed by atoms with van der Waals surface area (Å²) >= 11 is 3.65. The van der Waals surface area contributed by atoms with E-state index in [0.717, 1.165) is 49.2 Å². The van der Waals surface area contributed by atoms with Crippen LogP contribution in [0.5, 0.6) is 0 Å². The van der Waals surface area contributed by atoms with Gasteiger partial charge in [0.05, 0.1) is 15.9 Å². The van der Waals surface area contributed by atoms with E-state index in [1.54, 1.807) is 6.92 Å². The average molecular weight is 343 g/mol. The number of piperidine rings is 1. The van der Waals surface area contributed by atoms with Crippen LogP contribution in [0.3, 0.4) is 0 Å². The molecular weight excluding hydrogens is 320 g/mol. The maximum Gasteiger partial charge on any atom is 0.217 e. The number of nitrogens with zero attached hydrogens (tertiary/aromatic N) is 3. The van der Waals surface area contributed by atoms with Gasteiger partial charge in [0.1, 0.15) is 0 Å². The van der Waals surface area contributed by atoms with Crippen molar-refractivity contribution in [1.29, 1.82) is 0 Å². The van der Waals surface area contributed by atoms with Crippen molar-refractivity contribution in [2.24, 2.45) is 0 Å². The van der Waals surface area contributed by atoms with E-state index in [4.69, 9.17) is 0 Å². The molecule has 5 nitrogen and oxygen atoms in total. The third-order valence-corrected chi connectivity index (χ3v) is 4.85. The molecule has 112 valence electrons. The second kappa shape index (κ2) is 6.72. The van der Waals surface area contributed by atoms with Crippen LogP contribution in [0.1, 0.15) is 38.1 Å². The molecule has 1 fully saturated rings. The van der Waals surface area contributed by atoms with E-state index in [1.165, 1.54) is 5.69 Å². The fourth-order valence-corrected chi connectivity index (χ4v) is 3.16. The van der Waals surface area contributed by atoms with Crippen molar-refractivity contribution in [3.63, 3.8) is 0 Å². The van der Waals surface area contributed by atoms with Crippen molar-refractivity contribution in [3.8, 4) is 0 Å². The standard InChI is InChI=1S/C14H23BrN4O/c1-4-19-13(14(15)10(2)17-19)9-18-7-5-12(6-8-18)16-11(3)20/h12H,4-9H2,1-3H3,(H,16,20). The third kappa shape index (κ3) is 3.61. The number of likely N-dealkylation sites (tertiary alicyclic amines) is 1. The number of rotatable bonds is 4. The quantitative estimate of drug-likeness (QED) is 0.911. The molecule has 2 heterocycles. The molecule has 0 radical (unpaired) electrons. The molecule has 1 aliphatic rings. The van der Waals surface area contributed by atoms with Crippen molar-refractivity contribution in [3.05, 3.63) is 15.9 Å². The number of nitrogens with one attached hydrogen (secondary N) is 1. The Morgan fingerprint density at radius 3 is 2.65 bits per heavy atom. The predicted molar refractivity (Wildman–Crippen MR) is 82.5 cm³/mol. The molecule has 0 bridgehead atoms. The van der Waals surface area contributed by atoms with Gasteiger partial charge >= 0.3 is 0 Å². The number of hydrogen-bond acceptors (Lipinski definition) is 3. The van der Waals surface area contributed by atoms with Crippen LogP contribution in [0.25, 0.3) is 0 Å². The van der Waals surface area contributed by atoms with Crippen molar-refractivity contribution >= 4 is 21.8 Å². The van der Waals surface area contributed by atoms with Crippen LogP contribution in [0.2, 0.25) is 0 Å². The molecule has 2 rings (SSSR count). The van der Waals surface area contributed by atoms with E-state index in [0.29, 0.717) is 6.04 Å². The maximum absolute atomic E-state index is 11.1. The topological polar surface area (TPSA) is 50.2 Å². The summed E-state index contributed by atoms with van der Waals surface area (Å²) in [5.74, 6) is 0.0749. The number of carbonyl (C=O) groups is 1. The summed E-state index contributed by atoms with van der Waals surface area (Å²) in [6.07, 6.45) is 2.05. The monoisotopic (exact) mass is 342 g/mol. The van der Waals surface area contributed by atoms with Crippen LogP contribution in [0.15, 0.2) is 4.47 Å². The van der Waals surface area contributed by atoms with Crippen molar-refractivity contribution in [1.82, 2.24) is 20.0 Å². The number of hydrogen-bond donors (Lipinski definition) is 1. The van der Waals surface area contributed by atoms with E-state index >= 15 is 0 Å². The van der Waals surface area contributed by atoms with Gasteiger partial charge < -0.3 is 5.32 Å². The Balaban J connectivity index is 1.94. The fourth-order valence-electron chi connectivity index (χ4n) is 2.75. The molecule has 1 saturated heterocycles. The third-order valence-electron chi connectivity index (χ3n) is 3.82. The van der Waals surface area contributed by atoms with Crippen LogP contribution in [0.4, 0.5) is 0 Å². The lowest BCUT2D eigenvalue weighted by Gasteiger charge is -2.32. The predicted octanol–water partition coefficient (Wildman–Crippen LogP) is 2.07. The highest BCUT2D eigenvalue weighted by Crippen LogP contribution is 2.23. The van der Waals surface area contributed by atoms with Gasteiger partial charge in [0, 0.05) is 39.1 Å². The van der Waals surface area contributed by atoms with Crippen LogP contribution < -0.4 is 5.32 Å². The molecule has 0 aromatic carbocycles. The molecule has 20 heavy (non-hydrogen) atoms. The molecule has 1 aliphatic heterocycles. The van der Waals surface area contributed by atoms with Crippen LogP contribution in [-0.2, 0) is 17.9 Å². The first-order valence-corrected chi connectivity index (χ1v) is 8.01. The molecule has 0 unspecified atom stereocenters. The highest BCUT2D eigenvalue weighted by atomic mass is 79.9. The smallest absolute Gasteiger partial charge is 0.217 e. The summed E-state index contributed by atoms with van der Waals surface area (Å²) in [4.78, 5) is 13.5. The molecule has 0 saturated carbocycles. The first kappa shape index (κ1) is 15.5. The van der Waals surface area contributed by atoms with Gasteiger partial charge in [0.15, 0.2) is 0 Å². The Kier molecular flexibility index (Phi) is 5.21. The van der Waals surface area contributed by atoms with Gasteiger partial charge in [0.25, 0.3) is 0 Å². The average Bonchev–Trinajstić information content (AvgIpc) is 2.68. The molecule has 1 N–H and O–H groups in total. The molecule has 1 amide bonds. The summed E-state index contributed by atoms with van der Waals surface area (Å²) in [5.41, 5.74) is 2.30. The minimum Gasteiger partial charge on any atom is -0.354 e.